The van der Waals surface area contributed by atoms with Gasteiger partial charge in [-0.3, -0.25) is 9.59 Å². The summed E-state index contributed by atoms with van der Waals surface area (Å²) in [6.45, 7) is 5.59. The van der Waals surface area contributed by atoms with Gasteiger partial charge in [-0.15, -0.1) is 0 Å². The van der Waals surface area contributed by atoms with Gasteiger partial charge in [-0.2, -0.15) is 0 Å². The number of nitrogens with zero attached hydrogens (tertiary/aromatic N) is 1. The van der Waals surface area contributed by atoms with Crippen molar-refractivity contribution >= 4 is 17.5 Å². The van der Waals surface area contributed by atoms with Crippen molar-refractivity contribution in [3.8, 4) is 0 Å². The van der Waals surface area contributed by atoms with Gasteiger partial charge in [-0.05, 0) is 69.6 Å². The zero-order chi connectivity index (χ0) is 17.5. The average Bonchev–Trinajstić information content (AvgIpc) is 3.16. The molecule has 0 aromatic heterocycles. The molecular weight excluding hydrogens is 316 g/mol. The van der Waals surface area contributed by atoms with Gasteiger partial charge >= 0.3 is 0 Å². The summed E-state index contributed by atoms with van der Waals surface area (Å²) in [6, 6.07) is 7.12. The Labute approximate surface area is 149 Å². The Hall–Kier alpha value is -1.92. The molecule has 3 rings (SSSR count). The van der Waals surface area contributed by atoms with Crippen molar-refractivity contribution in [1.82, 2.24) is 15.5 Å². The van der Waals surface area contributed by atoms with Gasteiger partial charge in [0.05, 0.1) is 5.92 Å². The first-order valence-corrected chi connectivity index (χ1v) is 9.34. The summed E-state index contributed by atoms with van der Waals surface area (Å²) in [6.07, 6.45) is 4.49. The molecule has 0 radical (unpaired) electrons. The topological polar surface area (TPSA) is 73.5 Å². The summed E-state index contributed by atoms with van der Waals surface area (Å²) in [5.74, 6) is 0.0193. The fourth-order valence-electron chi connectivity index (χ4n) is 3.46. The molecule has 1 aromatic carbocycles. The molecule has 2 fully saturated rings. The second-order valence-electron chi connectivity index (χ2n) is 6.91. The third kappa shape index (κ3) is 5.28. The summed E-state index contributed by atoms with van der Waals surface area (Å²) in [4.78, 5) is 26.8. The highest BCUT2D eigenvalue weighted by Gasteiger charge is 2.20. The third-order valence-corrected chi connectivity index (χ3v) is 4.99. The summed E-state index contributed by atoms with van der Waals surface area (Å²) >= 11 is 0. The molecule has 1 unspecified atom stereocenters. The Morgan fingerprint density at radius 1 is 1.12 bits per heavy atom. The van der Waals surface area contributed by atoms with Crippen LogP contribution in [0.3, 0.4) is 0 Å². The number of amides is 2. The molecule has 2 aliphatic rings. The molecular formula is C19H28N4O2. The molecule has 2 heterocycles. The number of piperidine rings is 1. The van der Waals surface area contributed by atoms with Crippen LogP contribution in [0.25, 0.3) is 0 Å². The summed E-state index contributed by atoms with van der Waals surface area (Å²) in [5, 5.41) is 9.15. The SMILES string of the molecule is O=C(NCCN1CCCC1)c1ccc(NC(=O)C2CCCNC2)cc1. The van der Waals surface area contributed by atoms with Crippen LogP contribution in [0.4, 0.5) is 5.69 Å². The van der Waals surface area contributed by atoms with E-state index in [9.17, 15) is 9.59 Å². The van der Waals surface area contributed by atoms with Crippen LogP contribution in [0, 0.1) is 5.92 Å². The summed E-state index contributed by atoms with van der Waals surface area (Å²) in [7, 11) is 0. The molecule has 6 nitrogen and oxygen atoms in total. The predicted octanol–water partition coefficient (Wildman–Crippen LogP) is 1.45. The van der Waals surface area contributed by atoms with Crippen molar-refractivity contribution < 1.29 is 9.59 Å². The predicted molar refractivity (Wildman–Crippen MR) is 98.7 cm³/mol. The Morgan fingerprint density at radius 3 is 2.56 bits per heavy atom. The van der Waals surface area contributed by atoms with Gasteiger partial charge in [-0.1, -0.05) is 0 Å². The number of rotatable bonds is 6. The second kappa shape index (κ2) is 8.97. The fraction of sp³-hybridized carbons (Fsp3) is 0.579. The Balaban J connectivity index is 1.44. The molecule has 1 aromatic rings. The standard InChI is InChI=1S/C19H28N4O2/c24-18(21-10-13-23-11-1-2-12-23)15-5-7-17(8-6-15)22-19(25)16-4-3-9-20-14-16/h5-8,16,20H,1-4,9-14H2,(H,21,24)(H,22,25). The number of likely N-dealkylation sites (tertiary alicyclic amines) is 1. The van der Waals surface area contributed by atoms with Gasteiger partial charge in [0.1, 0.15) is 0 Å². The highest BCUT2D eigenvalue weighted by Crippen LogP contribution is 2.15. The van der Waals surface area contributed by atoms with Crippen LogP contribution >= 0.6 is 0 Å². The van der Waals surface area contributed by atoms with Gasteiger partial charge in [0.2, 0.25) is 5.91 Å². The zero-order valence-corrected chi connectivity index (χ0v) is 14.7. The number of benzene rings is 1. The lowest BCUT2D eigenvalue weighted by Gasteiger charge is -2.21. The van der Waals surface area contributed by atoms with Crippen molar-refractivity contribution in [1.29, 1.82) is 0 Å². The van der Waals surface area contributed by atoms with Crippen LogP contribution < -0.4 is 16.0 Å². The molecule has 1 atom stereocenters. The second-order valence-corrected chi connectivity index (χ2v) is 6.91. The molecule has 3 N–H and O–H groups in total. The monoisotopic (exact) mass is 344 g/mol. The van der Waals surface area contributed by atoms with E-state index in [2.05, 4.69) is 20.9 Å². The van der Waals surface area contributed by atoms with Gasteiger partial charge in [0, 0.05) is 30.9 Å². The first-order valence-electron chi connectivity index (χ1n) is 9.34. The Kier molecular flexibility index (Phi) is 6.42. The third-order valence-electron chi connectivity index (χ3n) is 4.99. The molecule has 2 aliphatic heterocycles. The molecule has 2 amide bonds. The van der Waals surface area contributed by atoms with Crippen LogP contribution in [0.2, 0.25) is 0 Å². The van der Waals surface area contributed by atoms with Crippen molar-refractivity contribution in [2.24, 2.45) is 5.92 Å². The van der Waals surface area contributed by atoms with Crippen LogP contribution in [-0.4, -0.2) is 56.0 Å². The number of nitrogens with one attached hydrogen (secondary N) is 3. The molecule has 0 spiro atoms. The van der Waals surface area contributed by atoms with Gasteiger partial charge < -0.3 is 20.9 Å². The van der Waals surface area contributed by atoms with Crippen molar-refractivity contribution in [2.45, 2.75) is 25.7 Å². The normalized spacial score (nSPS) is 21.0. The van der Waals surface area contributed by atoms with E-state index < -0.39 is 0 Å². The van der Waals surface area contributed by atoms with Crippen molar-refractivity contribution in [3.05, 3.63) is 29.8 Å². The van der Waals surface area contributed by atoms with Gasteiger partial charge in [0.25, 0.3) is 5.91 Å². The van der Waals surface area contributed by atoms with E-state index in [-0.39, 0.29) is 17.7 Å². The number of carbonyl (C=O) groups is 2. The van der Waals surface area contributed by atoms with E-state index in [1.807, 2.05) is 0 Å². The van der Waals surface area contributed by atoms with E-state index in [1.54, 1.807) is 24.3 Å². The highest BCUT2D eigenvalue weighted by molar-refractivity contribution is 5.96. The van der Waals surface area contributed by atoms with E-state index in [1.165, 1.54) is 12.8 Å². The van der Waals surface area contributed by atoms with Gasteiger partial charge in [0.15, 0.2) is 0 Å². The maximum absolute atomic E-state index is 12.2. The minimum absolute atomic E-state index is 0.0299. The Morgan fingerprint density at radius 2 is 1.88 bits per heavy atom. The van der Waals surface area contributed by atoms with E-state index in [0.717, 1.165) is 51.3 Å². The van der Waals surface area contributed by atoms with Gasteiger partial charge in [-0.25, -0.2) is 0 Å². The smallest absolute Gasteiger partial charge is 0.251 e. The molecule has 0 bridgehead atoms. The lowest BCUT2D eigenvalue weighted by atomic mass is 9.99. The quantitative estimate of drug-likeness (QED) is 0.730. The maximum Gasteiger partial charge on any atom is 0.251 e. The lowest BCUT2D eigenvalue weighted by molar-refractivity contribution is -0.120. The van der Waals surface area contributed by atoms with Crippen LogP contribution in [-0.2, 0) is 4.79 Å². The first kappa shape index (κ1) is 17.9. The zero-order valence-electron chi connectivity index (χ0n) is 14.7. The number of carbonyl (C=O) groups excluding carboxylic acids is 2. The molecule has 6 heteroatoms. The van der Waals surface area contributed by atoms with E-state index in [0.29, 0.717) is 12.1 Å². The minimum atomic E-state index is -0.0615. The number of hydrogen-bond acceptors (Lipinski definition) is 4. The summed E-state index contributed by atoms with van der Waals surface area (Å²) in [5.41, 5.74) is 1.36. The van der Waals surface area contributed by atoms with E-state index in [4.69, 9.17) is 0 Å². The van der Waals surface area contributed by atoms with Crippen molar-refractivity contribution in [3.63, 3.8) is 0 Å². The molecule has 0 aliphatic carbocycles. The molecule has 25 heavy (non-hydrogen) atoms. The fourth-order valence-corrected chi connectivity index (χ4v) is 3.46. The lowest BCUT2D eigenvalue weighted by Crippen LogP contribution is -2.37. The minimum Gasteiger partial charge on any atom is -0.351 e. The molecule has 2 saturated heterocycles. The molecule has 0 saturated carbocycles. The highest BCUT2D eigenvalue weighted by atomic mass is 16.2. The van der Waals surface area contributed by atoms with Crippen molar-refractivity contribution in [2.75, 3.05) is 44.6 Å². The molecule has 136 valence electrons. The van der Waals surface area contributed by atoms with Crippen LogP contribution in [0.5, 0.6) is 0 Å². The number of anilines is 1. The largest absolute Gasteiger partial charge is 0.351 e. The average molecular weight is 344 g/mol. The first-order chi connectivity index (χ1) is 12.2. The Bertz CT molecular complexity index is 576. The van der Waals surface area contributed by atoms with E-state index >= 15 is 0 Å². The number of hydrogen-bond donors (Lipinski definition) is 3. The van der Waals surface area contributed by atoms with Crippen LogP contribution in [0.15, 0.2) is 24.3 Å². The maximum atomic E-state index is 12.2. The summed E-state index contributed by atoms with van der Waals surface area (Å²) < 4.78 is 0. The van der Waals surface area contributed by atoms with Crippen LogP contribution in [0.1, 0.15) is 36.0 Å².